The molecule has 0 fully saturated rings. The fraction of sp³-hybridized carbons (Fsp3) is 0.375. The van der Waals surface area contributed by atoms with E-state index in [1.807, 2.05) is 19.9 Å². The van der Waals surface area contributed by atoms with E-state index in [0.717, 1.165) is 0 Å². The first-order chi connectivity index (χ1) is 10.5. The predicted molar refractivity (Wildman–Crippen MR) is 83.0 cm³/mol. The van der Waals surface area contributed by atoms with Crippen molar-refractivity contribution in [1.82, 2.24) is 5.32 Å². The summed E-state index contributed by atoms with van der Waals surface area (Å²) in [5.74, 6) is 0.864. The van der Waals surface area contributed by atoms with E-state index in [-0.39, 0.29) is 11.6 Å². The highest BCUT2D eigenvalue weighted by Gasteiger charge is 2.17. The van der Waals surface area contributed by atoms with Crippen molar-refractivity contribution >= 4 is 12.0 Å². The van der Waals surface area contributed by atoms with Gasteiger partial charge in [-0.3, -0.25) is 4.79 Å². The molecule has 22 heavy (non-hydrogen) atoms. The average molecular weight is 304 g/mol. The highest BCUT2D eigenvalue weighted by Crippen LogP contribution is 2.40. The molecule has 0 aliphatic carbocycles. The number of nitriles is 1. The number of benzene rings is 1. The first kappa shape index (κ1) is 17.4. The lowest BCUT2D eigenvalue weighted by atomic mass is 10.1. The van der Waals surface area contributed by atoms with E-state index < -0.39 is 5.91 Å². The average Bonchev–Trinajstić information content (AvgIpc) is 2.50. The van der Waals surface area contributed by atoms with Crippen molar-refractivity contribution < 1.29 is 19.0 Å². The third-order valence-corrected chi connectivity index (χ3v) is 2.82. The molecule has 0 saturated heterocycles. The fourth-order valence-electron chi connectivity index (χ4n) is 1.88. The number of carbonyl (C=O) groups is 1. The molecular weight excluding hydrogens is 284 g/mol. The minimum absolute atomic E-state index is 0.0146. The Morgan fingerprint density at radius 3 is 2.27 bits per heavy atom. The second-order valence-corrected chi connectivity index (χ2v) is 4.72. The summed E-state index contributed by atoms with van der Waals surface area (Å²) in [6, 6.07) is 5.21. The molecule has 1 N–H and O–H groups in total. The summed E-state index contributed by atoms with van der Waals surface area (Å²) in [4.78, 5) is 12.0. The van der Waals surface area contributed by atoms with Gasteiger partial charge in [0.25, 0.3) is 5.91 Å². The minimum atomic E-state index is -0.436. The van der Waals surface area contributed by atoms with Gasteiger partial charge in [0.1, 0.15) is 11.6 Å². The van der Waals surface area contributed by atoms with Crippen molar-refractivity contribution in [2.24, 2.45) is 0 Å². The summed E-state index contributed by atoms with van der Waals surface area (Å²) in [7, 11) is 4.49. The molecule has 0 unspecified atom stereocenters. The molecule has 0 aliphatic heterocycles. The SMILES string of the molecule is COc1ccc(/C=C(\C#N)C(=O)NC(C)C)c(OC)c1OC. The van der Waals surface area contributed by atoms with Crippen molar-refractivity contribution in [3.05, 3.63) is 23.3 Å². The van der Waals surface area contributed by atoms with E-state index in [2.05, 4.69) is 5.32 Å². The molecule has 6 nitrogen and oxygen atoms in total. The summed E-state index contributed by atoms with van der Waals surface area (Å²) < 4.78 is 15.8. The molecule has 0 radical (unpaired) electrons. The lowest BCUT2D eigenvalue weighted by molar-refractivity contribution is -0.117. The lowest BCUT2D eigenvalue weighted by Gasteiger charge is -2.14. The number of rotatable bonds is 6. The second kappa shape index (κ2) is 7.93. The smallest absolute Gasteiger partial charge is 0.262 e. The quantitative estimate of drug-likeness (QED) is 0.643. The zero-order valence-corrected chi connectivity index (χ0v) is 13.4. The molecule has 0 aliphatic rings. The Bertz CT molecular complexity index is 615. The number of hydrogen-bond donors (Lipinski definition) is 1. The van der Waals surface area contributed by atoms with Gasteiger partial charge in [0.15, 0.2) is 11.5 Å². The fourth-order valence-corrected chi connectivity index (χ4v) is 1.88. The van der Waals surface area contributed by atoms with Gasteiger partial charge < -0.3 is 19.5 Å². The van der Waals surface area contributed by atoms with Crippen molar-refractivity contribution in [3.63, 3.8) is 0 Å². The number of amides is 1. The predicted octanol–water partition coefficient (Wildman–Crippen LogP) is 2.14. The zero-order valence-electron chi connectivity index (χ0n) is 13.4. The zero-order chi connectivity index (χ0) is 16.7. The van der Waals surface area contributed by atoms with Crippen LogP contribution in [0.5, 0.6) is 17.2 Å². The van der Waals surface area contributed by atoms with E-state index in [9.17, 15) is 10.1 Å². The number of ether oxygens (including phenoxy) is 3. The van der Waals surface area contributed by atoms with Gasteiger partial charge in [-0.1, -0.05) is 0 Å². The Morgan fingerprint density at radius 1 is 1.18 bits per heavy atom. The first-order valence-corrected chi connectivity index (χ1v) is 6.70. The Kier molecular flexibility index (Phi) is 6.26. The van der Waals surface area contributed by atoms with Crippen LogP contribution in [0.2, 0.25) is 0 Å². The molecule has 1 amide bonds. The number of hydrogen-bond acceptors (Lipinski definition) is 5. The second-order valence-electron chi connectivity index (χ2n) is 4.72. The van der Waals surface area contributed by atoms with Gasteiger partial charge in [0.2, 0.25) is 5.75 Å². The molecule has 0 bridgehead atoms. The third-order valence-electron chi connectivity index (χ3n) is 2.82. The van der Waals surface area contributed by atoms with Crippen LogP contribution in [0.25, 0.3) is 6.08 Å². The topological polar surface area (TPSA) is 80.6 Å². The third kappa shape index (κ3) is 3.92. The number of nitrogens with one attached hydrogen (secondary N) is 1. The minimum Gasteiger partial charge on any atom is -0.493 e. The van der Waals surface area contributed by atoms with Gasteiger partial charge >= 0.3 is 0 Å². The molecule has 118 valence electrons. The van der Waals surface area contributed by atoms with Crippen molar-refractivity contribution in [1.29, 1.82) is 5.26 Å². The molecule has 1 rings (SSSR count). The monoisotopic (exact) mass is 304 g/mol. The van der Waals surface area contributed by atoms with E-state index in [4.69, 9.17) is 14.2 Å². The van der Waals surface area contributed by atoms with Crippen LogP contribution in [0.15, 0.2) is 17.7 Å². The van der Waals surface area contributed by atoms with Crippen LogP contribution in [-0.2, 0) is 4.79 Å². The van der Waals surface area contributed by atoms with E-state index in [0.29, 0.717) is 22.8 Å². The molecular formula is C16H20N2O4. The van der Waals surface area contributed by atoms with Crippen LogP contribution < -0.4 is 19.5 Å². The van der Waals surface area contributed by atoms with Gasteiger partial charge in [-0.05, 0) is 32.1 Å². The molecule has 0 spiro atoms. The maximum Gasteiger partial charge on any atom is 0.262 e. The number of methoxy groups -OCH3 is 3. The number of nitrogens with zero attached hydrogens (tertiary/aromatic N) is 1. The summed E-state index contributed by atoms with van der Waals surface area (Å²) in [5.41, 5.74) is 0.537. The van der Waals surface area contributed by atoms with Crippen LogP contribution in [-0.4, -0.2) is 33.3 Å². The Hall–Kier alpha value is -2.68. The Morgan fingerprint density at radius 2 is 1.82 bits per heavy atom. The Labute approximate surface area is 130 Å². The van der Waals surface area contributed by atoms with Crippen molar-refractivity contribution in [3.8, 4) is 23.3 Å². The van der Waals surface area contributed by atoms with Gasteiger partial charge in [-0.25, -0.2) is 0 Å². The summed E-state index contributed by atoms with van der Waals surface area (Å²) >= 11 is 0. The largest absolute Gasteiger partial charge is 0.493 e. The van der Waals surface area contributed by atoms with Gasteiger partial charge in [0.05, 0.1) is 21.3 Å². The standard InChI is InChI=1S/C16H20N2O4/c1-10(2)18-16(19)12(9-17)8-11-6-7-13(20-3)15(22-5)14(11)21-4/h6-8,10H,1-5H3,(H,18,19)/b12-8+. The Balaban J connectivity index is 3.34. The van der Waals surface area contributed by atoms with Crippen LogP contribution >= 0.6 is 0 Å². The van der Waals surface area contributed by atoms with E-state index in [1.165, 1.54) is 27.4 Å². The molecule has 0 atom stereocenters. The maximum atomic E-state index is 12.0. The lowest BCUT2D eigenvalue weighted by Crippen LogP contribution is -2.30. The highest BCUT2D eigenvalue weighted by atomic mass is 16.5. The molecule has 0 saturated carbocycles. The van der Waals surface area contributed by atoms with Gasteiger partial charge in [-0.2, -0.15) is 5.26 Å². The summed E-state index contributed by atoms with van der Waals surface area (Å²) in [6.07, 6.45) is 1.46. The van der Waals surface area contributed by atoms with Crippen molar-refractivity contribution in [2.45, 2.75) is 19.9 Å². The van der Waals surface area contributed by atoms with Crippen LogP contribution in [0.4, 0.5) is 0 Å². The maximum absolute atomic E-state index is 12.0. The molecule has 1 aromatic carbocycles. The molecule has 0 heterocycles. The van der Waals surface area contributed by atoms with E-state index >= 15 is 0 Å². The van der Waals surface area contributed by atoms with Crippen LogP contribution in [0, 0.1) is 11.3 Å². The normalized spacial score (nSPS) is 10.9. The summed E-state index contributed by atoms with van der Waals surface area (Å²) in [5, 5.41) is 11.9. The number of carbonyl (C=O) groups excluding carboxylic acids is 1. The highest BCUT2D eigenvalue weighted by molar-refractivity contribution is 6.02. The van der Waals surface area contributed by atoms with Crippen molar-refractivity contribution in [2.75, 3.05) is 21.3 Å². The van der Waals surface area contributed by atoms with Crippen LogP contribution in [0.1, 0.15) is 19.4 Å². The summed E-state index contributed by atoms with van der Waals surface area (Å²) in [6.45, 7) is 3.65. The molecule has 0 aromatic heterocycles. The molecule has 6 heteroatoms. The first-order valence-electron chi connectivity index (χ1n) is 6.70. The van der Waals surface area contributed by atoms with E-state index in [1.54, 1.807) is 12.1 Å². The molecule has 1 aromatic rings. The van der Waals surface area contributed by atoms with Gasteiger partial charge in [-0.15, -0.1) is 0 Å². The van der Waals surface area contributed by atoms with Gasteiger partial charge in [0, 0.05) is 11.6 Å². The van der Waals surface area contributed by atoms with Crippen LogP contribution in [0.3, 0.4) is 0 Å².